The molecule has 1 heterocycles. The van der Waals surface area contributed by atoms with Gasteiger partial charge in [-0.15, -0.1) is 0 Å². The van der Waals surface area contributed by atoms with Gasteiger partial charge in [-0.05, 0) is 72.7 Å². The molecule has 3 aromatic carbocycles. The van der Waals surface area contributed by atoms with Gasteiger partial charge in [0.1, 0.15) is 17.1 Å². The van der Waals surface area contributed by atoms with Gasteiger partial charge in [-0.3, -0.25) is 24.6 Å². The average Bonchev–Trinajstić information content (AvgIpc) is 2.87. The molecular formula is C27H22FN3O4S. The lowest BCUT2D eigenvalue weighted by atomic mass is 10.1. The highest BCUT2D eigenvalue weighted by atomic mass is 32.1. The molecule has 0 radical (unpaired) electrons. The Labute approximate surface area is 212 Å². The minimum absolute atomic E-state index is 0.00611. The summed E-state index contributed by atoms with van der Waals surface area (Å²) in [5.41, 5.74) is 2.36. The lowest BCUT2D eigenvalue weighted by Gasteiger charge is -2.29. The number of anilines is 2. The molecule has 3 aromatic rings. The smallest absolute Gasteiger partial charge is 0.270 e. The number of amides is 3. The van der Waals surface area contributed by atoms with E-state index in [0.29, 0.717) is 22.7 Å². The van der Waals surface area contributed by atoms with Crippen LogP contribution in [0.1, 0.15) is 18.1 Å². The highest BCUT2D eigenvalue weighted by Gasteiger charge is 2.34. The molecule has 1 fully saturated rings. The second-order valence-electron chi connectivity index (χ2n) is 7.86. The highest BCUT2D eigenvalue weighted by molar-refractivity contribution is 7.80. The van der Waals surface area contributed by atoms with Crippen LogP contribution in [0.2, 0.25) is 0 Å². The molecule has 0 aliphatic carbocycles. The van der Waals surface area contributed by atoms with Gasteiger partial charge in [0.05, 0.1) is 5.69 Å². The Morgan fingerprint density at radius 2 is 1.75 bits per heavy atom. The molecule has 3 amide bonds. The van der Waals surface area contributed by atoms with Gasteiger partial charge < -0.3 is 10.1 Å². The molecule has 36 heavy (non-hydrogen) atoms. The quantitative estimate of drug-likeness (QED) is 0.286. The van der Waals surface area contributed by atoms with Gasteiger partial charge in [-0.2, -0.15) is 0 Å². The molecule has 0 aromatic heterocycles. The third-order valence-electron chi connectivity index (χ3n) is 5.41. The van der Waals surface area contributed by atoms with Gasteiger partial charge in [0.2, 0.25) is 0 Å². The number of aryl methyl sites for hydroxylation is 1. The fraction of sp³-hybridized carbons (Fsp3) is 0.111. The van der Waals surface area contributed by atoms with E-state index in [0.717, 1.165) is 12.0 Å². The van der Waals surface area contributed by atoms with Crippen molar-refractivity contribution in [1.29, 1.82) is 0 Å². The number of para-hydroxylation sites is 1. The number of hydrogen-bond donors (Lipinski definition) is 2. The summed E-state index contributed by atoms with van der Waals surface area (Å²) in [4.78, 5) is 39.5. The van der Waals surface area contributed by atoms with Crippen LogP contribution in [-0.2, 0) is 20.8 Å². The van der Waals surface area contributed by atoms with Crippen molar-refractivity contribution in [3.8, 4) is 5.75 Å². The fourth-order valence-corrected chi connectivity index (χ4v) is 3.81. The normalized spacial score (nSPS) is 14.6. The van der Waals surface area contributed by atoms with Crippen LogP contribution in [0.25, 0.3) is 6.08 Å². The molecule has 0 spiro atoms. The molecule has 1 aliphatic heterocycles. The van der Waals surface area contributed by atoms with E-state index in [9.17, 15) is 18.8 Å². The van der Waals surface area contributed by atoms with Crippen molar-refractivity contribution < 1.29 is 23.5 Å². The first-order chi connectivity index (χ1) is 17.4. The molecule has 4 rings (SSSR count). The first-order valence-electron chi connectivity index (χ1n) is 11.1. The summed E-state index contributed by atoms with van der Waals surface area (Å²) in [6, 6.07) is 19.4. The molecule has 0 atom stereocenters. The second-order valence-corrected chi connectivity index (χ2v) is 8.25. The number of benzene rings is 3. The second kappa shape index (κ2) is 10.9. The molecule has 7 nitrogen and oxygen atoms in total. The van der Waals surface area contributed by atoms with Crippen LogP contribution in [0, 0.1) is 5.82 Å². The molecule has 0 unspecified atom stereocenters. The summed E-state index contributed by atoms with van der Waals surface area (Å²) < 4.78 is 18.7. The maximum absolute atomic E-state index is 13.3. The minimum Gasteiger partial charge on any atom is -0.483 e. The van der Waals surface area contributed by atoms with E-state index in [2.05, 4.69) is 10.6 Å². The van der Waals surface area contributed by atoms with Crippen molar-refractivity contribution in [2.24, 2.45) is 0 Å². The van der Waals surface area contributed by atoms with Crippen LogP contribution >= 0.6 is 12.2 Å². The lowest BCUT2D eigenvalue weighted by Crippen LogP contribution is -2.54. The third-order valence-corrected chi connectivity index (χ3v) is 5.69. The highest BCUT2D eigenvalue weighted by Crippen LogP contribution is 2.26. The van der Waals surface area contributed by atoms with E-state index in [4.69, 9.17) is 17.0 Å². The van der Waals surface area contributed by atoms with E-state index in [1.54, 1.807) is 36.4 Å². The number of nitrogens with one attached hydrogen (secondary N) is 2. The maximum Gasteiger partial charge on any atom is 0.270 e. The number of carbonyl (C=O) groups is 3. The van der Waals surface area contributed by atoms with Crippen LogP contribution in [0.4, 0.5) is 15.8 Å². The zero-order valence-electron chi connectivity index (χ0n) is 19.3. The Hall–Kier alpha value is -4.37. The molecule has 0 bridgehead atoms. The molecule has 0 saturated carbocycles. The maximum atomic E-state index is 13.3. The summed E-state index contributed by atoms with van der Waals surface area (Å²) in [6.07, 6.45) is 2.25. The average molecular weight is 504 g/mol. The fourth-order valence-electron chi connectivity index (χ4n) is 3.53. The summed E-state index contributed by atoms with van der Waals surface area (Å²) in [5, 5.41) is 5.16. The Kier molecular flexibility index (Phi) is 7.50. The van der Waals surface area contributed by atoms with E-state index < -0.39 is 23.5 Å². The Morgan fingerprint density at radius 3 is 2.44 bits per heavy atom. The van der Waals surface area contributed by atoms with Crippen molar-refractivity contribution in [3.63, 3.8) is 0 Å². The lowest BCUT2D eigenvalue weighted by molar-refractivity contribution is -0.122. The molecule has 2 N–H and O–H groups in total. The Balaban J connectivity index is 1.53. The van der Waals surface area contributed by atoms with Crippen molar-refractivity contribution in [2.45, 2.75) is 13.3 Å². The Morgan fingerprint density at radius 1 is 1.06 bits per heavy atom. The van der Waals surface area contributed by atoms with E-state index >= 15 is 0 Å². The van der Waals surface area contributed by atoms with Crippen LogP contribution in [0.5, 0.6) is 5.75 Å². The van der Waals surface area contributed by atoms with Crippen LogP contribution in [0.15, 0.2) is 78.4 Å². The van der Waals surface area contributed by atoms with Crippen molar-refractivity contribution in [3.05, 3.63) is 95.3 Å². The molecular weight excluding hydrogens is 481 g/mol. The summed E-state index contributed by atoms with van der Waals surface area (Å²) in [6.45, 7) is 1.69. The standard InChI is InChI=1S/C27H22FN3O4S/c1-2-17-7-13-21(14-8-17)31-26(34)22(25(33)30-27(31)36)15-18-5-3-4-6-23(18)35-16-24(32)29-20-11-9-19(28)10-12-20/h3-15H,2,16H2,1H3,(H,29,32)(H,30,33,36)/b22-15+. The largest absolute Gasteiger partial charge is 0.483 e. The zero-order valence-corrected chi connectivity index (χ0v) is 20.1. The number of thiocarbonyl (C=S) groups is 1. The monoisotopic (exact) mass is 503 g/mol. The van der Waals surface area contributed by atoms with E-state index in [1.165, 1.54) is 35.2 Å². The van der Waals surface area contributed by atoms with Gasteiger partial charge in [0, 0.05) is 11.3 Å². The first-order valence-corrected chi connectivity index (χ1v) is 11.5. The number of nitrogens with zero attached hydrogens (tertiary/aromatic N) is 1. The summed E-state index contributed by atoms with van der Waals surface area (Å²) in [7, 11) is 0. The van der Waals surface area contributed by atoms with Gasteiger partial charge in [0.25, 0.3) is 17.7 Å². The SMILES string of the molecule is CCc1ccc(N2C(=O)/C(=C/c3ccccc3OCC(=O)Nc3ccc(F)cc3)C(=O)NC2=S)cc1. The van der Waals surface area contributed by atoms with Gasteiger partial charge in [0.15, 0.2) is 11.7 Å². The van der Waals surface area contributed by atoms with E-state index in [-0.39, 0.29) is 17.3 Å². The minimum atomic E-state index is -0.629. The number of carbonyl (C=O) groups excluding carboxylic acids is 3. The molecule has 1 aliphatic rings. The van der Waals surface area contributed by atoms with Crippen molar-refractivity contribution >= 4 is 52.5 Å². The van der Waals surface area contributed by atoms with Gasteiger partial charge in [-0.1, -0.05) is 37.3 Å². The summed E-state index contributed by atoms with van der Waals surface area (Å²) >= 11 is 5.25. The van der Waals surface area contributed by atoms with Gasteiger partial charge >= 0.3 is 0 Å². The predicted molar refractivity (Wildman–Crippen MR) is 139 cm³/mol. The van der Waals surface area contributed by atoms with Crippen LogP contribution in [0.3, 0.4) is 0 Å². The first kappa shape index (κ1) is 24.7. The third kappa shape index (κ3) is 5.64. The summed E-state index contributed by atoms with van der Waals surface area (Å²) in [5.74, 6) is -1.77. The predicted octanol–water partition coefficient (Wildman–Crippen LogP) is 4.24. The van der Waals surface area contributed by atoms with Crippen molar-refractivity contribution in [1.82, 2.24) is 5.32 Å². The van der Waals surface area contributed by atoms with Gasteiger partial charge in [-0.25, -0.2) is 4.39 Å². The molecule has 1 saturated heterocycles. The van der Waals surface area contributed by atoms with Crippen LogP contribution < -0.4 is 20.3 Å². The molecule has 9 heteroatoms. The number of rotatable bonds is 7. The van der Waals surface area contributed by atoms with Crippen molar-refractivity contribution in [2.75, 3.05) is 16.8 Å². The number of hydrogen-bond acceptors (Lipinski definition) is 5. The van der Waals surface area contributed by atoms with Crippen LogP contribution in [-0.4, -0.2) is 29.4 Å². The van der Waals surface area contributed by atoms with E-state index in [1.807, 2.05) is 19.1 Å². The Bertz CT molecular complexity index is 1350. The zero-order chi connectivity index (χ0) is 25.7. The molecule has 182 valence electrons. The topological polar surface area (TPSA) is 87.7 Å². The number of halogens is 1. The number of ether oxygens (including phenoxy) is 1.